The van der Waals surface area contributed by atoms with E-state index in [-0.39, 0.29) is 6.54 Å². The Morgan fingerprint density at radius 3 is 2.71 bits per heavy atom. The van der Waals surface area contributed by atoms with Crippen LogP contribution in [0.5, 0.6) is 5.75 Å². The molecule has 0 spiro atoms. The van der Waals surface area contributed by atoms with Gasteiger partial charge in [0.1, 0.15) is 24.4 Å². The Morgan fingerprint density at radius 1 is 1.09 bits per heavy atom. The summed E-state index contributed by atoms with van der Waals surface area (Å²) in [4.78, 5) is 15.4. The average molecular weight is 459 g/mol. The second-order valence-electron chi connectivity index (χ2n) is 8.31. The molecule has 1 aliphatic heterocycles. The summed E-state index contributed by atoms with van der Waals surface area (Å²) in [7, 11) is 0. The van der Waals surface area contributed by atoms with Crippen molar-refractivity contribution in [2.75, 3.05) is 19.7 Å². The fourth-order valence-corrected chi connectivity index (χ4v) is 3.97. The lowest BCUT2D eigenvalue weighted by Gasteiger charge is -2.23. The Balaban J connectivity index is 1.32. The zero-order valence-corrected chi connectivity index (χ0v) is 19.2. The van der Waals surface area contributed by atoms with Crippen molar-refractivity contribution in [2.45, 2.75) is 25.9 Å². The minimum absolute atomic E-state index is 0.0236. The summed E-state index contributed by atoms with van der Waals surface area (Å²) in [6.07, 6.45) is 14.0. The number of aliphatic carboxylic acids is 1. The summed E-state index contributed by atoms with van der Waals surface area (Å²) < 4.78 is 11.7. The van der Waals surface area contributed by atoms with Gasteiger partial charge in [0.15, 0.2) is 0 Å². The summed E-state index contributed by atoms with van der Waals surface area (Å²) >= 11 is 0. The highest BCUT2D eigenvalue weighted by Crippen LogP contribution is 2.24. The SMILES string of the molecule is O=C(O)CN(Cc1ccccc1)Cc1cccc(OCCN2C=COC(C3=CC=CCC3)=C2)c1. The van der Waals surface area contributed by atoms with Crippen molar-refractivity contribution in [1.82, 2.24) is 9.80 Å². The van der Waals surface area contributed by atoms with Crippen molar-refractivity contribution in [3.05, 3.63) is 114 Å². The van der Waals surface area contributed by atoms with Gasteiger partial charge in [-0.15, -0.1) is 0 Å². The minimum Gasteiger partial charge on any atom is -0.492 e. The molecule has 0 unspecified atom stereocenters. The number of hydrogen-bond donors (Lipinski definition) is 1. The lowest BCUT2D eigenvalue weighted by Crippen LogP contribution is -2.29. The van der Waals surface area contributed by atoms with Gasteiger partial charge in [-0.3, -0.25) is 9.69 Å². The standard InChI is InChI=1S/C28H30N2O4/c31-28(32)22-30(19-23-8-3-1-4-9-23)20-24-10-7-13-26(18-24)33-16-14-29-15-17-34-27(21-29)25-11-5-2-6-12-25/h1-5,7-11,13,15,17-18,21H,6,12,14,16,19-20,22H2,(H,31,32). The van der Waals surface area contributed by atoms with E-state index >= 15 is 0 Å². The van der Waals surface area contributed by atoms with Crippen LogP contribution in [0, 0.1) is 0 Å². The van der Waals surface area contributed by atoms with Crippen LogP contribution in [0.3, 0.4) is 0 Å². The molecular formula is C28H30N2O4. The number of carboxylic acids is 1. The number of carboxylic acid groups (broad SMARTS) is 1. The highest BCUT2D eigenvalue weighted by atomic mass is 16.5. The minimum atomic E-state index is -0.839. The molecule has 0 radical (unpaired) electrons. The Hall–Kier alpha value is -3.77. The van der Waals surface area contributed by atoms with Crippen molar-refractivity contribution >= 4 is 5.97 Å². The molecule has 0 amide bonds. The Bertz CT molecular complexity index is 1090. The van der Waals surface area contributed by atoms with Gasteiger partial charge in [0.25, 0.3) is 0 Å². The number of rotatable bonds is 11. The van der Waals surface area contributed by atoms with Gasteiger partial charge >= 0.3 is 5.97 Å². The van der Waals surface area contributed by atoms with E-state index in [1.165, 1.54) is 5.57 Å². The molecular weight excluding hydrogens is 428 g/mol. The molecule has 2 aliphatic rings. The van der Waals surface area contributed by atoms with E-state index in [9.17, 15) is 9.90 Å². The first-order valence-electron chi connectivity index (χ1n) is 11.5. The average Bonchev–Trinajstić information content (AvgIpc) is 2.85. The van der Waals surface area contributed by atoms with E-state index in [0.29, 0.717) is 26.2 Å². The van der Waals surface area contributed by atoms with Gasteiger partial charge in [0.2, 0.25) is 0 Å². The van der Waals surface area contributed by atoms with Crippen molar-refractivity contribution in [3.63, 3.8) is 0 Å². The largest absolute Gasteiger partial charge is 0.492 e. The van der Waals surface area contributed by atoms with E-state index in [2.05, 4.69) is 23.1 Å². The molecule has 0 bridgehead atoms. The number of allylic oxidation sites excluding steroid dienone is 4. The molecule has 0 aromatic heterocycles. The zero-order chi connectivity index (χ0) is 23.6. The Labute approximate surface area is 200 Å². The van der Waals surface area contributed by atoms with Crippen LogP contribution in [0.25, 0.3) is 0 Å². The third kappa shape index (κ3) is 7.12. The number of ether oxygens (including phenoxy) is 2. The van der Waals surface area contributed by atoms with Gasteiger partial charge in [-0.05, 0) is 41.7 Å². The summed E-state index contributed by atoms with van der Waals surface area (Å²) in [5.74, 6) is 0.814. The number of hydrogen-bond acceptors (Lipinski definition) is 5. The molecule has 6 heteroatoms. The maximum Gasteiger partial charge on any atom is 0.317 e. The molecule has 1 aliphatic carbocycles. The van der Waals surface area contributed by atoms with E-state index in [1.807, 2.05) is 71.9 Å². The lowest BCUT2D eigenvalue weighted by atomic mass is 10.0. The van der Waals surface area contributed by atoms with Crippen LogP contribution in [0.1, 0.15) is 24.0 Å². The Kier molecular flexibility index (Phi) is 8.19. The number of benzene rings is 2. The molecule has 0 saturated carbocycles. The molecule has 1 N–H and O–H groups in total. The molecule has 0 atom stereocenters. The van der Waals surface area contributed by atoms with Crippen LogP contribution in [0.15, 0.2) is 103 Å². The first kappa shape index (κ1) is 23.4. The second kappa shape index (κ2) is 11.9. The highest BCUT2D eigenvalue weighted by Gasteiger charge is 2.14. The maximum absolute atomic E-state index is 11.4. The maximum atomic E-state index is 11.4. The van der Waals surface area contributed by atoms with Crippen molar-refractivity contribution in [1.29, 1.82) is 0 Å². The van der Waals surface area contributed by atoms with Crippen LogP contribution in [-0.4, -0.2) is 40.6 Å². The second-order valence-corrected chi connectivity index (χ2v) is 8.31. The van der Waals surface area contributed by atoms with Crippen molar-refractivity contribution < 1.29 is 19.4 Å². The molecule has 0 saturated heterocycles. The first-order valence-corrected chi connectivity index (χ1v) is 11.5. The molecule has 1 heterocycles. The summed E-state index contributed by atoms with van der Waals surface area (Å²) in [5, 5.41) is 9.34. The fraction of sp³-hybridized carbons (Fsp3) is 0.250. The van der Waals surface area contributed by atoms with Crippen LogP contribution in [-0.2, 0) is 22.6 Å². The molecule has 2 aromatic carbocycles. The van der Waals surface area contributed by atoms with E-state index in [1.54, 1.807) is 6.26 Å². The van der Waals surface area contributed by atoms with Gasteiger partial charge in [-0.25, -0.2) is 0 Å². The van der Waals surface area contributed by atoms with Crippen molar-refractivity contribution in [3.8, 4) is 5.75 Å². The molecule has 0 fully saturated rings. The van der Waals surface area contributed by atoms with E-state index in [0.717, 1.165) is 35.5 Å². The van der Waals surface area contributed by atoms with Crippen LogP contribution in [0.2, 0.25) is 0 Å². The summed E-state index contributed by atoms with van der Waals surface area (Å²) in [6, 6.07) is 17.8. The smallest absolute Gasteiger partial charge is 0.317 e. The fourth-order valence-electron chi connectivity index (χ4n) is 3.97. The van der Waals surface area contributed by atoms with E-state index < -0.39 is 5.97 Å². The molecule has 6 nitrogen and oxygen atoms in total. The summed E-state index contributed by atoms with van der Waals surface area (Å²) in [5.41, 5.74) is 3.30. The molecule has 4 rings (SSSR count). The van der Waals surface area contributed by atoms with Crippen LogP contribution < -0.4 is 4.74 Å². The quantitative estimate of drug-likeness (QED) is 0.507. The predicted molar refractivity (Wildman–Crippen MR) is 132 cm³/mol. The van der Waals surface area contributed by atoms with Gasteiger partial charge in [-0.2, -0.15) is 0 Å². The van der Waals surface area contributed by atoms with Crippen molar-refractivity contribution in [2.24, 2.45) is 0 Å². The van der Waals surface area contributed by atoms with Gasteiger partial charge < -0.3 is 19.5 Å². The monoisotopic (exact) mass is 458 g/mol. The van der Waals surface area contributed by atoms with E-state index in [4.69, 9.17) is 9.47 Å². The van der Waals surface area contributed by atoms with Crippen LogP contribution >= 0.6 is 0 Å². The lowest BCUT2D eigenvalue weighted by molar-refractivity contribution is -0.138. The topological polar surface area (TPSA) is 62.2 Å². The third-order valence-electron chi connectivity index (χ3n) is 5.59. The molecule has 2 aromatic rings. The molecule has 34 heavy (non-hydrogen) atoms. The highest BCUT2D eigenvalue weighted by molar-refractivity contribution is 5.69. The van der Waals surface area contributed by atoms with Gasteiger partial charge in [0, 0.05) is 25.5 Å². The van der Waals surface area contributed by atoms with Crippen LogP contribution in [0.4, 0.5) is 0 Å². The number of carbonyl (C=O) groups is 1. The zero-order valence-electron chi connectivity index (χ0n) is 19.2. The van der Waals surface area contributed by atoms with Gasteiger partial charge in [-0.1, -0.05) is 60.7 Å². The summed E-state index contributed by atoms with van der Waals surface area (Å²) in [6.45, 7) is 2.28. The first-order chi connectivity index (χ1) is 16.7. The predicted octanol–water partition coefficient (Wildman–Crippen LogP) is 5.07. The Morgan fingerprint density at radius 2 is 1.91 bits per heavy atom. The van der Waals surface area contributed by atoms with Gasteiger partial charge in [0.05, 0.1) is 13.1 Å². The normalized spacial score (nSPS) is 15.0. The number of nitrogens with zero attached hydrogens (tertiary/aromatic N) is 2. The third-order valence-corrected chi connectivity index (χ3v) is 5.59. The molecule has 176 valence electrons.